The Morgan fingerprint density at radius 3 is 2.36 bits per heavy atom. The molecule has 1 amide bonds. The van der Waals surface area contributed by atoms with Crippen molar-refractivity contribution in [1.29, 1.82) is 0 Å². The van der Waals surface area contributed by atoms with E-state index in [0.717, 1.165) is 22.9 Å². The average molecular weight is 360 g/mol. The number of sulfonamides is 1. The normalized spacial score (nSPS) is 11.2. The van der Waals surface area contributed by atoms with Crippen LogP contribution >= 0.6 is 0 Å². The predicted octanol–water partition coefficient (Wildman–Crippen LogP) is 3.41. The summed E-state index contributed by atoms with van der Waals surface area (Å²) >= 11 is 0. The van der Waals surface area contributed by atoms with Crippen LogP contribution in [0.2, 0.25) is 0 Å². The zero-order chi connectivity index (χ0) is 18.6. The Morgan fingerprint density at radius 2 is 1.76 bits per heavy atom. The second-order valence-corrected chi connectivity index (χ2v) is 8.18. The first-order valence-electron chi connectivity index (χ1n) is 8.08. The van der Waals surface area contributed by atoms with Crippen molar-refractivity contribution in [3.8, 4) is 0 Å². The summed E-state index contributed by atoms with van der Waals surface area (Å²) in [5, 5.41) is 2.80. The third-order valence-electron chi connectivity index (χ3n) is 4.02. The van der Waals surface area contributed by atoms with E-state index >= 15 is 0 Å². The van der Waals surface area contributed by atoms with Crippen molar-refractivity contribution in [3.05, 3.63) is 59.2 Å². The van der Waals surface area contributed by atoms with E-state index in [-0.39, 0.29) is 18.9 Å². The largest absolute Gasteiger partial charge is 0.326 e. The fraction of sp³-hybridized carbons (Fsp3) is 0.316. The van der Waals surface area contributed by atoms with Crippen LogP contribution in [0.15, 0.2) is 42.5 Å². The molecule has 0 aliphatic carbocycles. The van der Waals surface area contributed by atoms with Crippen LogP contribution in [0.1, 0.15) is 23.1 Å². The van der Waals surface area contributed by atoms with Gasteiger partial charge in [0.1, 0.15) is 0 Å². The van der Waals surface area contributed by atoms with Gasteiger partial charge >= 0.3 is 0 Å². The molecule has 0 saturated heterocycles. The van der Waals surface area contributed by atoms with Crippen LogP contribution in [-0.2, 0) is 14.8 Å². The maximum Gasteiger partial charge on any atom is 0.232 e. The lowest BCUT2D eigenvalue weighted by atomic mass is 10.1. The number of aryl methyl sites for hydroxylation is 3. The van der Waals surface area contributed by atoms with Crippen LogP contribution in [0.4, 0.5) is 11.4 Å². The van der Waals surface area contributed by atoms with Crippen molar-refractivity contribution in [2.45, 2.75) is 27.2 Å². The molecule has 2 rings (SSSR count). The smallest absolute Gasteiger partial charge is 0.232 e. The molecule has 5 nitrogen and oxygen atoms in total. The third-order valence-corrected chi connectivity index (χ3v) is 5.22. The molecular formula is C19H24N2O3S. The Morgan fingerprint density at radius 1 is 1.04 bits per heavy atom. The molecular weight excluding hydrogens is 336 g/mol. The fourth-order valence-electron chi connectivity index (χ4n) is 2.52. The molecule has 0 aromatic heterocycles. The Balaban J connectivity index is 2.10. The van der Waals surface area contributed by atoms with Crippen LogP contribution in [0.25, 0.3) is 0 Å². The topological polar surface area (TPSA) is 66.5 Å². The van der Waals surface area contributed by atoms with E-state index in [0.29, 0.717) is 11.4 Å². The molecule has 25 heavy (non-hydrogen) atoms. The highest BCUT2D eigenvalue weighted by atomic mass is 32.2. The zero-order valence-electron chi connectivity index (χ0n) is 15.0. The zero-order valence-corrected chi connectivity index (χ0v) is 15.9. The summed E-state index contributed by atoms with van der Waals surface area (Å²) in [6.07, 6.45) is 1.23. The van der Waals surface area contributed by atoms with Gasteiger partial charge in [0.2, 0.25) is 15.9 Å². The molecule has 6 heteroatoms. The number of carbonyl (C=O) groups is 1. The first-order chi connectivity index (χ1) is 11.7. The third kappa shape index (κ3) is 5.32. The summed E-state index contributed by atoms with van der Waals surface area (Å²) in [4.78, 5) is 12.2. The highest BCUT2D eigenvalue weighted by Crippen LogP contribution is 2.21. The van der Waals surface area contributed by atoms with Crippen molar-refractivity contribution >= 4 is 27.3 Å². The van der Waals surface area contributed by atoms with E-state index in [4.69, 9.17) is 0 Å². The molecule has 0 bridgehead atoms. The molecule has 0 radical (unpaired) electrons. The Kier molecular flexibility index (Phi) is 5.85. The number of hydrogen-bond donors (Lipinski definition) is 1. The number of anilines is 2. The van der Waals surface area contributed by atoms with Crippen LogP contribution in [0.5, 0.6) is 0 Å². The molecule has 0 atom stereocenters. The SMILES string of the molecule is Cc1cccc(NC(=O)CCN(c2ccc(C)c(C)c2)S(C)(=O)=O)c1. The van der Waals surface area contributed by atoms with Gasteiger partial charge in [0.05, 0.1) is 11.9 Å². The van der Waals surface area contributed by atoms with Crippen molar-refractivity contribution in [2.75, 3.05) is 22.4 Å². The van der Waals surface area contributed by atoms with Crippen LogP contribution in [0.3, 0.4) is 0 Å². The second-order valence-electron chi connectivity index (χ2n) is 6.27. The van der Waals surface area contributed by atoms with Gasteiger partial charge in [0.15, 0.2) is 0 Å². The highest BCUT2D eigenvalue weighted by molar-refractivity contribution is 7.92. The summed E-state index contributed by atoms with van der Waals surface area (Å²) in [6.45, 7) is 5.95. The number of carbonyl (C=O) groups excluding carboxylic acids is 1. The summed E-state index contributed by atoms with van der Waals surface area (Å²) in [5.74, 6) is -0.219. The second kappa shape index (κ2) is 7.70. The van der Waals surface area contributed by atoms with Gasteiger partial charge in [-0.2, -0.15) is 0 Å². The molecule has 2 aromatic carbocycles. The maximum absolute atomic E-state index is 12.2. The van der Waals surface area contributed by atoms with E-state index in [2.05, 4.69) is 5.32 Å². The summed E-state index contributed by atoms with van der Waals surface area (Å²) in [5.41, 5.74) is 4.44. The van der Waals surface area contributed by atoms with Gasteiger partial charge in [-0.3, -0.25) is 9.10 Å². The van der Waals surface area contributed by atoms with Gasteiger partial charge in [-0.1, -0.05) is 18.2 Å². The summed E-state index contributed by atoms with van der Waals surface area (Å²) in [7, 11) is -3.47. The molecule has 0 saturated carbocycles. The summed E-state index contributed by atoms with van der Waals surface area (Å²) in [6, 6.07) is 13.0. The lowest BCUT2D eigenvalue weighted by molar-refractivity contribution is -0.116. The number of rotatable bonds is 6. The molecule has 0 spiro atoms. The fourth-order valence-corrected chi connectivity index (χ4v) is 3.44. The number of nitrogens with one attached hydrogen (secondary N) is 1. The van der Waals surface area contributed by atoms with Crippen molar-refractivity contribution < 1.29 is 13.2 Å². The minimum atomic E-state index is -3.47. The van der Waals surface area contributed by atoms with Crippen molar-refractivity contribution in [3.63, 3.8) is 0 Å². The Hall–Kier alpha value is -2.34. The van der Waals surface area contributed by atoms with E-state index in [1.54, 1.807) is 6.07 Å². The van der Waals surface area contributed by atoms with Crippen molar-refractivity contribution in [1.82, 2.24) is 0 Å². The van der Waals surface area contributed by atoms with E-state index in [9.17, 15) is 13.2 Å². The number of amides is 1. The lowest BCUT2D eigenvalue weighted by Crippen LogP contribution is -2.33. The molecule has 0 aliphatic heterocycles. The number of benzene rings is 2. The Labute approximate surface area is 149 Å². The summed E-state index contributed by atoms with van der Waals surface area (Å²) < 4.78 is 25.5. The van der Waals surface area contributed by atoms with Gasteiger partial charge in [-0.25, -0.2) is 8.42 Å². The Bertz CT molecular complexity index is 876. The van der Waals surface area contributed by atoms with E-state index in [1.807, 2.05) is 57.2 Å². The van der Waals surface area contributed by atoms with Crippen LogP contribution in [-0.4, -0.2) is 27.1 Å². The van der Waals surface area contributed by atoms with Gasteiger partial charge < -0.3 is 5.32 Å². The molecule has 0 unspecified atom stereocenters. The minimum absolute atomic E-state index is 0.0773. The van der Waals surface area contributed by atoms with Gasteiger partial charge in [-0.15, -0.1) is 0 Å². The molecule has 1 N–H and O–H groups in total. The average Bonchev–Trinajstić information content (AvgIpc) is 2.49. The van der Waals surface area contributed by atoms with Crippen LogP contribution < -0.4 is 9.62 Å². The first kappa shape index (κ1) is 19.0. The minimum Gasteiger partial charge on any atom is -0.326 e. The molecule has 134 valence electrons. The number of hydrogen-bond acceptors (Lipinski definition) is 3. The van der Waals surface area contributed by atoms with Gasteiger partial charge in [-0.05, 0) is 61.7 Å². The van der Waals surface area contributed by atoms with Gasteiger partial charge in [0, 0.05) is 18.7 Å². The first-order valence-corrected chi connectivity index (χ1v) is 9.93. The molecule has 0 aliphatic rings. The predicted molar refractivity (Wildman–Crippen MR) is 103 cm³/mol. The highest BCUT2D eigenvalue weighted by Gasteiger charge is 2.19. The van der Waals surface area contributed by atoms with Crippen LogP contribution in [0, 0.1) is 20.8 Å². The maximum atomic E-state index is 12.2. The van der Waals surface area contributed by atoms with Gasteiger partial charge in [0.25, 0.3) is 0 Å². The van der Waals surface area contributed by atoms with E-state index < -0.39 is 10.0 Å². The van der Waals surface area contributed by atoms with E-state index in [1.165, 1.54) is 4.31 Å². The van der Waals surface area contributed by atoms with Crippen molar-refractivity contribution in [2.24, 2.45) is 0 Å². The molecule has 0 fully saturated rings. The lowest BCUT2D eigenvalue weighted by Gasteiger charge is -2.23. The number of nitrogens with zero attached hydrogens (tertiary/aromatic N) is 1. The quantitative estimate of drug-likeness (QED) is 0.858. The molecule has 0 heterocycles. The molecule has 2 aromatic rings. The standard InChI is InChI=1S/C19H24N2O3S/c1-14-6-5-7-17(12-14)20-19(22)10-11-21(25(4,23)24)18-9-8-15(2)16(3)13-18/h5-9,12-13H,10-11H2,1-4H3,(H,20,22). The monoisotopic (exact) mass is 360 g/mol.